The maximum absolute atomic E-state index is 10.7. The molecule has 0 aromatic heterocycles. The molecule has 0 saturated heterocycles. The van der Waals surface area contributed by atoms with Gasteiger partial charge < -0.3 is 4.74 Å². The van der Waals surface area contributed by atoms with E-state index in [4.69, 9.17) is 4.74 Å². The summed E-state index contributed by atoms with van der Waals surface area (Å²) in [6.45, 7) is 5.52. The molecule has 0 aliphatic carbocycles. The minimum atomic E-state index is -0.598. The molecule has 0 atom stereocenters. The van der Waals surface area contributed by atoms with Gasteiger partial charge in [0, 0.05) is 0 Å². The molecule has 16 heavy (non-hydrogen) atoms. The highest BCUT2D eigenvalue weighted by molar-refractivity contribution is 5.81. The Hall–Kier alpha value is -1.91. The van der Waals surface area contributed by atoms with Gasteiger partial charge in [-0.3, -0.25) is 14.9 Å². The zero-order valence-corrected chi connectivity index (χ0v) is 9.39. The van der Waals surface area contributed by atoms with E-state index in [1.165, 1.54) is 12.1 Å². The van der Waals surface area contributed by atoms with Crippen molar-refractivity contribution in [2.45, 2.75) is 26.4 Å². The van der Waals surface area contributed by atoms with E-state index in [1.807, 2.05) is 20.8 Å². The standard InChI is InChI=1S/C11H13NO4/c1-11(2,3)16-9-5-4-8(7-13)10(6-9)12(14)15/h4-7H,1-3H3. The quantitative estimate of drug-likeness (QED) is 0.448. The molecule has 5 nitrogen and oxygen atoms in total. The lowest BCUT2D eigenvalue weighted by Crippen LogP contribution is -2.23. The molecule has 0 amide bonds. The van der Waals surface area contributed by atoms with Crippen LogP contribution in [-0.2, 0) is 0 Å². The first-order valence-electron chi connectivity index (χ1n) is 4.76. The summed E-state index contributed by atoms with van der Waals surface area (Å²) in [5, 5.41) is 10.7. The SMILES string of the molecule is CC(C)(C)Oc1ccc(C=O)c([N+](=O)[O-])c1. The van der Waals surface area contributed by atoms with Crippen LogP contribution in [0.2, 0.25) is 0 Å². The van der Waals surface area contributed by atoms with Crippen LogP contribution in [0.1, 0.15) is 31.1 Å². The van der Waals surface area contributed by atoms with Gasteiger partial charge in [-0.25, -0.2) is 0 Å². The Morgan fingerprint density at radius 3 is 2.44 bits per heavy atom. The normalized spacial score (nSPS) is 10.9. The number of benzene rings is 1. The molecule has 0 fully saturated rings. The number of hydrogen-bond acceptors (Lipinski definition) is 4. The van der Waals surface area contributed by atoms with Crippen LogP contribution in [-0.4, -0.2) is 16.8 Å². The first kappa shape index (κ1) is 12.2. The molecule has 1 aromatic rings. The molecular weight excluding hydrogens is 210 g/mol. The van der Waals surface area contributed by atoms with Gasteiger partial charge in [-0.1, -0.05) is 0 Å². The second-order valence-corrected chi connectivity index (χ2v) is 4.31. The zero-order valence-electron chi connectivity index (χ0n) is 9.39. The van der Waals surface area contributed by atoms with Crippen molar-refractivity contribution in [2.24, 2.45) is 0 Å². The van der Waals surface area contributed by atoms with E-state index in [0.717, 1.165) is 0 Å². The molecule has 0 bridgehead atoms. The Morgan fingerprint density at radius 1 is 1.38 bits per heavy atom. The molecule has 0 aliphatic rings. The number of rotatable bonds is 3. The monoisotopic (exact) mass is 223 g/mol. The summed E-state index contributed by atoms with van der Waals surface area (Å²) in [5.41, 5.74) is -0.626. The van der Waals surface area contributed by atoms with Gasteiger partial charge in [-0.05, 0) is 32.9 Å². The first-order valence-corrected chi connectivity index (χ1v) is 4.76. The fourth-order valence-electron chi connectivity index (χ4n) is 1.20. The van der Waals surface area contributed by atoms with E-state index in [-0.39, 0.29) is 11.3 Å². The van der Waals surface area contributed by atoms with Gasteiger partial charge in [-0.15, -0.1) is 0 Å². The number of hydrogen-bond donors (Lipinski definition) is 0. The lowest BCUT2D eigenvalue weighted by molar-refractivity contribution is -0.385. The second-order valence-electron chi connectivity index (χ2n) is 4.31. The predicted molar refractivity (Wildman–Crippen MR) is 58.9 cm³/mol. The molecule has 0 saturated carbocycles. The Labute approximate surface area is 93.2 Å². The van der Waals surface area contributed by atoms with Crippen molar-refractivity contribution in [1.82, 2.24) is 0 Å². The summed E-state index contributed by atoms with van der Waals surface area (Å²) < 4.78 is 5.47. The Balaban J connectivity index is 3.12. The van der Waals surface area contributed by atoms with Crippen molar-refractivity contribution < 1.29 is 14.5 Å². The van der Waals surface area contributed by atoms with Gasteiger partial charge >= 0.3 is 0 Å². The highest BCUT2D eigenvalue weighted by Crippen LogP contribution is 2.26. The molecule has 1 aromatic carbocycles. The summed E-state index contributed by atoms with van der Waals surface area (Å²) >= 11 is 0. The number of nitro benzene ring substituents is 1. The summed E-state index contributed by atoms with van der Waals surface area (Å²) in [5.74, 6) is 0.379. The van der Waals surface area contributed by atoms with Crippen molar-refractivity contribution in [3.63, 3.8) is 0 Å². The lowest BCUT2D eigenvalue weighted by atomic mass is 10.1. The summed E-state index contributed by atoms with van der Waals surface area (Å²) in [6, 6.07) is 4.18. The highest BCUT2D eigenvalue weighted by atomic mass is 16.6. The third-order valence-corrected chi connectivity index (χ3v) is 1.75. The average molecular weight is 223 g/mol. The van der Waals surface area contributed by atoms with Gasteiger partial charge in [0.1, 0.15) is 11.4 Å². The van der Waals surface area contributed by atoms with E-state index >= 15 is 0 Å². The maximum atomic E-state index is 10.7. The fraction of sp³-hybridized carbons (Fsp3) is 0.364. The first-order chi connectivity index (χ1) is 7.33. The van der Waals surface area contributed by atoms with Crippen LogP contribution in [0.5, 0.6) is 5.75 Å². The number of carbonyl (C=O) groups excluding carboxylic acids is 1. The Morgan fingerprint density at radius 2 is 2.00 bits per heavy atom. The number of nitro groups is 1. The molecule has 0 N–H and O–H groups in total. The van der Waals surface area contributed by atoms with Crippen LogP contribution in [0, 0.1) is 10.1 Å². The number of ether oxygens (including phenoxy) is 1. The van der Waals surface area contributed by atoms with Gasteiger partial charge in [0.2, 0.25) is 0 Å². The number of aldehydes is 1. The largest absolute Gasteiger partial charge is 0.488 e. The zero-order chi connectivity index (χ0) is 12.3. The van der Waals surface area contributed by atoms with E-state index in [2.05, 4.69) is 0 Å². The lowest BCUT2D eigenvalue weighted by Gasteiger charge is -2.21. The molecule has 1 rings (SSSR count). The van der Waals surface area contributed by atoms with Gasteiger partial charge in [0.15, 0.2) is 6.29 Å². The highest BCUT2D eigenvalue weighted by Gasteiger charge is 2.17. The van der Waals surface area contributed by atoms with Crippen LogP contribution in [0.15, 0.2) is 18.2 Å². The van der Waals surface area contributed by atoms with E-state index < -0.39 is 10.5 Å². The summed E-state index contributed by atoms with van der Waals surface area (Å²) in [7, 11) is 0. The Kier molecular flexibility index (Phi) is 3.27. The van der Waals surface area contributed by atoms with Crippen molar-refractivity contribution in [3.05, 3.63) is 33.9 Å². The summed E-state index contributed by atoms with van der Waals surface area (Å²) in [6.07, 6.45) is 0.457. The van der Waals surface area contributed by atoms with Crippen molar-refractivity contribution in [3.8, 4) is 5.75 Å². The molecule has 5 heteroatoms. The van der Waals surface area contributed by atoms with E-state index in [9.17, 15) is 14.9 Å². The molecule has 0 unspecified atom stereocenters. The molecule has 0 aliphatic heterocycles. The van der Waals surface area contributed by atoms with Crippen LogP contribution < -0.4 is 4.74 Å². The van der Waals surface area contributed by atoms with Gasteiger partial charge in [-0.2, -0.15) is 0 Å². The maximum Gasteiger partial charge on any atom is 0.283 e. The molecule has 0 heterocycles. The summed E-state index contributed by atoms with van der Waals surface area (Å²) in [4.78, 5) is 20.7. The van der Waals surface area contributed by atoms with Crippen LogP contribution in [0.25, 0.3) is 0 Å². The Bertz CT molecular complexity index is 420. The topological polar surface area (TPSA) is 69.4 Å². The van der Waals surface area contributed by atoms with Gasteiger partial charge in [0.05, 0.1) is 16.6 Å². The van der Waals surface area contributed by atoms with Crippen LogP contribution in [0.4, 0.5) is 5.69 Å². The number of nitrogens with zero attached hydrogens (tertiary/aromatic N) is 1. The third kappa shape index (κ3) is 3.05. The predicted octanol–water partition coefficient (Wildman–Crippen LogP) is 2.58. The van der Waals surface area contributed by atoms with Crippen molar-refractivity contribution in [2.75, 3.05) is 0 Å². The third-order valence-electron chi connectivity index (χ3n) is 1.75. The minimum Gasteiger partial charge on any atom is -0.488 e. The molecule has 86 valence electrons. The smallest absolute Gasteiger partial charge is 0.283 e. The van der Waals surface area contributed by atoms with Gasteiger partial charge in [0.25, 0.3) is 5.69 Å². The molecule has 0 radical (unpaired) electrons. The second kappa shape index (κ2) is 4.30. The van der Waals surface area contributed by atoms with E-state index in [1.54, 1.807) is 6.07 Å². The number of carbonyl (C=O) groups is 1. The van der Waals surface area contributed by atoms with E-state index in [0.29, 0.717) is 12.0 Å². The molecular formula is C11H13NO4. The van der Waals surface area contributed by atoms with Crippen LogP contribution in [0.3, 0.4) is 0 Å². The van der Waals surface area contributed by atoms with Crippen molar-refractivity contribution >= 4 is 12.0 Å². The van der Waals surface area contributed by atoms with Crippen LogP contribution >= 0.6 is 0 Å². The fourth-order valence-corrected chi connectivity index (χ4v) is 1.20. The minimum absolute atomic E-state index is 0.0475. The average Bonchev–Trinajstić information content (AvgIpc) is 2.15. The van der Waals surface area contributed by atoms with Crippen molar-refractivity contribution in [1.29, 1.82) is 0 Å². The molecule has 0 spiro atoms.